The summed E-state index contributed by atoms with van der Waals surface area (Å²) < 4.78 is 0. The first-order valence-corrected chi connectivity index (χ1v) is 14.5. The number of amides is 1. The van der Waals surface area contributed by atoms with Crippen LogP contribution in [0.1, 0.15) is 109 Å². The summed E-state index contributed by atoms with van der Waals surface area (Å²) in [6.45, 7) is 27.1. The first-order valence-electron chi connectivity index (χ1n) is 14.5. The summed E-state index contributed by atoms with van der Waals surface area (Å²) in [7, 11) is 6.51. The van der Waals surface area contributed by atoms with E-state index in [-0.39, 0.29) is 32.2 Å². The molecule has 5 nitrogen and oxygen atoms in total. The number of nitrogens with one attached hydrogen (secondary N) is 1. The molecule has 0 unspecified atom stereocenters. The van der Waals surface area contributed by atoms with Gasteiger partial charge < -0.3 is 20.0 Å². The summed E-state index contributed by atoms with van der Waals surface area (Å²) in [5, 5.41) is 3.05. The quantitative estimate of drug-likeness (QED) is 0.359. The van der Waals surface area contributed by atoms with E-state index in [4.69, 9.17) is 0 Å². The third-order valence-electron chi connectivity index (χ3n) is 7.91. The third-order valence-corrected chi connectivity index (χ3v) is 7.91. The normalized spacial score (nSPS) is 20.9. The third kappa shape index (κ3) is 16.3. The number of carbonyl (C=O) groups is 1. The summed E-state index contributed by atoms with van der Waals surface area (Å²) in [6.07, 6.45) is 8.40. The second kappa shape index (κ2) is 17.0. The van der Waals surface area contributed by atoms with Crippen molar-refractivity contribution < 1.29 is 4.79 Å². The predicted molar refractivity (Wildman–Crippen MR) is 171 cm³/mol. The molecule has 0 radical (unpaired) electrons. The molecule has 0 aliphatic carbocycles. The van der Waals surface area contributed by atoms with Gasteiger partial charge in [-0.3, -0.25) is 4.79 Å². The predicted octanol–water partition coefficient (Wildman–Crippen LogP) is 7.18. The maximum absolute atomic E-state index is 11.8. The molecule has 0 aromatic carbocycles. The van der Waals surface area contributed by atoms with Crippen LogP contribution in [0.4, 0.5) is 0 Å². The minimum atomic E-state index is -0.0968. The Labute approximate surface area is 240 Å². The van der Waals surface area contributed by atoms with E-state index < -0.39 is 0 Å². The van der Waals surface area contributed by atoms with Crippen molar-refractivity contribution in [2.45, 2.75) is 115 Å². The lowest BCUT2D eigenvalue weighted by atomic mass is 9.75. The van der Waals surface area contributed by atoms with Crippen molar-refractivity contribution >= 4 is 5.91 Å². The Hall–Kier alpha value is -0.910. The molecular formula is C33H70N4O. The van der Waals surface area contributed by atoms with Crippen LogP contribution in [0.5, 0.6) is 0 Å². The van der Waals surface area contributed by atoms with Gasteiger partial charge in [0.05, 0.1) is 0 Å². The van der Waals surface area contributed by atoms with Crippen LogP contribution in [0, 0.1) is 22.7 Å². The van der Waals surface area contributed by atoms with Crippen LogP contribution in [0.15, 0.2) is 11.6 Å². The first-order chi connectivity index (χ1) is 16.4. The van der Waals surface area contributed by atoms with Gasteiger partial charge in [0.2, 0.25) is 5.91 Å². The van der Waals surface area contributed by atoms with Gasteiger partial charge in [-0.25, -0.2) is 0 Å². The molecule has 1 amide bonds. The fourth-order valence-corrected chi connectivity index (χ4v) is 5.07. The average molecular weight is 539 g/mol. The van der Waals surface area contributed by atoms with Crippen molar-refractivity contribution in [3.8, 4) is 0 Å². The number of carbonyl (C=O) groups excluding carboxylic acids is 1. The van der Waals surface area contributed by atoms with E-state index in [1.54, 1.807) is 5.57 Å². The highest BCUT2D eigenvalue weighted by molar-refractivity contribution is 5.79. The molecule has 2 saturated heterocycles. The van der Waals surface area contributed by atoms with Gasteiger partial charge in [0.1, 0.15) is 0 Å². The molecule has 0 aromatic heterocycles. The Morgan fingerprint density at radius 3 is 1.53 bits per heavy atom. The van der Waals surface area contributed by atoms with Gasteiger partial charge in [-0.15, -0.1) is 0 Å². The fraction of sp³-hybridized carbons (Fsp3) is 0.909. The summed E-state index contributed by atoms with van der Waals surface area (Å²) in [6, 6.07) is 0. The van der Waals surface area contributed by atoms with E-state index in [9.17, 15) is 4.79 Å². The van der Waals surface area contributed by atoms with Crippen molar-refractivity contribution in [3.63, 3.8) is 0 Å². The van der Waals surface area contributed by atoms with Gasteiger partial charge in [0.15, 0.2) is 0 Å². The molecular weight excluding hydrogens is 468 g/mol. The molecule has 0 saturated carbocycles. The van der Waals surface area contributed by atoms with E-state index in [1.807, 2.05) is 20.8 Å². The molecule has 2 fully saturated rings. The second-order valence-corrected chi connectivity index (χ2v) is 14.8. The topological polar surface area (TPSA) is 38.8 Å². The zero-order chi connectivity index (χ0) is 27.7. The van der Waals surface area contributed by atoms with Crippen molar-refractivity contribution in [3.05, 3.63) is 11.6 Å². The molecule has 3 heterocycles. The van der Waals surface area contributed by atoms with E-state index in [0.717, 1.165) is 38.4 Å². The Morgan fingerprint density at radius 2 is 1.18 bits per heavy atom. The van der Waals surface area contributed by atoms with Crippen LogP contribution in [-0.2, 0) is 4.79 Å². The lowest BCUT2D eigenvalue weighted by Gasteiger charge is -2.37. The highest BCUT2D eigenvalue weighted by Crippen LogP contribution is 2.33. The van der Waals surface area contributed by atoms with Crippen LogP contribution in [0.3, 0.4) is 0 Å². The van der Waals surface area contributed by atoms with Gasteiger partial charge >= 0.3 is 0 Å². The molecule has 228 valence electrons. The maximum atomic E-state index is 11.8. The lowest BCUT2D eigenvalue weighted by Crippen LogP contribution is -2.46. The summed E-state index contributed by atoms with van der Waals surface area (Å²) in [4.78, 5) is 18.9. The van der Waals surface area contributed by atoms with Crippen LogP contribution in [-0.4, -0.2) is 86.6 Å². The maximum Gasteiger partial charge on any atom is 0.223 e. The Morgan fingerprint density at radius 1 is 0.737 bits per heavy atom. The van der Waals surface area contributed by atoms with Gasteiger partial charge in [-0.05, 0) is 117 Å². The van der Waals surface area contributed by atoms with Crippen molar-refractivity contribution in [1.82, 2.24) is 20.0 Å². The lowest BCUT2D eigenvalue weighted by molar-refractivity contribution is -0.127. The first kappa shape index (κ1) is 39.2. The monoisotopic (exact) mass is 539 g/mol. The molecule has 3 aliphatic heterocycles. The zero-order valence-corrected chi connectivity index (χ0v) is 26.3. The van der Waals surface area contributed by atoms with Crippen LogP contribution in [0.2, 0.25) is 0 Å². The Bertz CT molecular complexity index is 665. The number of hydrogen-bond donors (Lipinski definition) is 1. The molecule has 0 spiro atoms. The van der Waals surface area contributed by atoms with Gasteiger partial charge in [-0.2, -0.15) is 0 Å². The van der Waals surface area contributed by atoms with Gasteiger partial charge in [0, 0.05) is 24.5 Å². The van der Waals surface area contributed by atoms with E-state index in [1.165, 1.54) is 38.9 Å². The van der Waals surface area contributed by atoms with Crippen molar-refractivity contribution in [2.75, 3.05) is 60.4 Å². The molecule has 3 rings (SSSR count). The minimum absolute atomic E-state index is 0. The van der Waals surface area contributed by atoms with Crippen LogP contribution >= 0.6 is 0 Å². The SMILES string of the molecule is C.C.CN1CC=C(C(C)(C)C)CC1.CN1CCC(C(=O)NC(C)(C)C)CC1.CN1CCC(C(C)(C)C)CC1. The standard InChI is InChI=1S/C11H22N2O.C10H21N.C10H19N.2CH4/c1-11(2,3)12-10(14)9-5-7-13(4)8-6-9;2*1-10(2,3)9-5-7-11(4)8-6-9;;/h9H,5-8H2,1-4H3,(H,12,14);9H,5-8H2,1-4H3;5H,6-8H2,1-4H3;2*1H4. The Balaban J connectivity index is 0. The van der Waals surface area contributed by atoms with Gasteiger partial charge in [-0.1, -0.05) is 68.0 Å². The number of nitrogens with zero attached hydrogens (tertiary/aromatic N) is 3. The number of piperidine rings is 2. The second-order valence-electron chi connectivity index (χ2n) is 14.8. The largest absolute Gasteiger partial charge is 0.351 e. The molecule has 38 heavy (non-hydrogen) atoms. The van der Waals surface area contributed by atoms with Gasteiger partial charge in [0.25, 0.3) is 0 Å². The summed E-state index contributed by atoms with van der Waals surface area (Å²) >= 11 is 0. The number of hydrogen-bond acceptors (Lipinski definition) is 4. The van der Waals surface area contributed by atoms with Crippen molar-refractivity contribution in [1.29, 1.82) is 0 Å². The summed E-state index contributed by atoms with van der Waals surface area (Å²) in [5.74, 6) is 1.40. The van der Waals surface area contributed by atoms with Crippen LogP contribution in [0.25, 0.3) is 0 Å². The zero-order valence-electron chi connectivity index (χ0n) is 26.3. The van der Waals surface area contributed by atoms with E-state index >= 15 is 0 Å². The number of likely N-dealkylation sites (tertiary alicyclic amines) is 2. The number of likely N-dealkylation sites (N-methyl/N-ethyl adjacent to an activating group) is 1. The van der Waals surface area contributed by atoms with E-state index in [0.29, 0.717) is 10.8 Å². The fourth-order valence-electron chi connectivity index (χ4n) is 5.07. The molecule has 1 N–H and O–H groups in total. The molecule has 0 bridgehead atoms. The molecule has 0 atom stereocenters. The molecule has 0 aromatic rings. The molecule has 3 aliphatic rings. The van der Waals surface area contributed by atoms with E-state index in [2.05, 4.69) is 88.8 Å². The summed E-state index contributed by atoms with van der Waals surface area (Å²) in [5.41, 5.74) is 2.44. The minimum Gasteiger partial charge on any atom is -0.351 e. The smallest absolute Gasteiger partial charge is 0.223 e. The highest BCUT2D eigenvalue weighted by Gasteiger charge is 2.27. The number of rotatable bonds is 1. The Kier molecular flexibility index (Phi) is 17.6. The average Bonchev–Trinajstić information content (AvgIpc) is 2.73. The van der Waals surface area contributed by atoms with Crippen molar-refractivity contribution in [2.24, 2.45) is 22.7 Å². The highest BCUT2D eigenvalue weighted by atomic mass is 16.2. The van der Waals surface area contributed by atoms with Crippen LogP contribution < -0.4 is 5.32 Å². The molecule has 5 heteroatoms.